The molecule has 1 aromatic carbocycles. The number of nitrogens with one attached hydrogen (secondary N) is 1. The van der Waals surface area contributed by atoms with Crippen molar-refractivity contribution in [1.29, 1.82) is 0 Å². The highest BCUT2D eigenvalue weighted by molar-refractivity contribution is 5.98. The maximum atomic E-state index is 13.0. The summed E-state index contributed by atoms with van der Waals surface area (Å²) in [6, 6.07) is 9.03. The number of rotatable bonds is 5. The van der Waals surface area contributed by atoms with Crippen LogP contribution in [0.15, 0.2) is 55.1 Å². The van der Waals surface area contributed by atoms with Gasteiger partial charge >= 0.3 is 0 Å². The Labute approximate surface area is 151 Å². The molecule has 1 aliphatic rings. The fourth-order valence-corrected chi connectivity index (χ4v) is 3.47. The summed E-state index contributed by atoms with van der Waals surface area (Å²) in [5, 5.41) is 21.3. The number of para-hydroxylation sites is 1. The van der Waals surface area contributed by atoms with Crippen molar-refractivity contribution < 1.29 is 9.90 Å². The van der Waals surface area contributed by atoms with E-state index in [0.29, 0.717) is 18.4 Å². The normalized spacial score (nSPS) is 20.4. The summed E-state index contributed by atoms with van der Waals surface area (Å²) in [7, 11) is 1.85. The molecule has 0 radical (unpaired) electrons. The van der Waals surface area contributed by atoms with Gasteiger partial charge in [-0.2, -0.15) is 10.2 Å². The number of hydrogen-bond acceptors (Lipinski definition) is 4. The van der Waals surface area contributed by atoms with Crippen LogP contribution in [0.2, 0.25) is 0 Å². The Hall–Kier alpha value is -2.93. The highest BCUT2D eigenvalue weighted by Gasteiger charge is 2.36. The zero-order valence-electron chi connectivity index (χ0n) is 14.5. The van der Waals surface area contributed by atoms with Crippen molar-refractivity contribution in [2.45, 2.75) is 25.0 Å². The van der Waals surface area contributed by atoms with E-state index in [0.717, 1.165) is 11.3 Å². The first kappa shape index (κ1) is 16.5. The fraction of sp³-hybridized carbons (Fsp3) is 0.316. The molecule has 7 heteroatoms. The Morgan fingerprint density at radius 2 is 2.08 bits per heavy atom. The number of aryl methyl sites for hydroxylation is 1. The molecule has 0 aliphatic heterocycles. The lowest BCUT2D eigenvalue weighted by Crippen LogP contribution is -2.41. The largest absolute Gasteiger partial charge is 0.393 e. The minimum atomic E-state index is -0.285. The molecule has 0 spiro atoms. The fourth-order valence-electron chi connectivity index (χ4n) is 3.47. The molecule has 26 heavy (non-hydrogen) atoms. The zero-order valence-corrected chi connectivity index (χ0v) is 14.5. The topological polar surface area (TPSA) is 85.0 Å². The maximum Gasteiger partial charge on any atom is 0.253 e. The molecule has 1 atom stereocenters. The van der Waals surface area contributed by atoms with Gasteiger partial charge in [-0.25, -0.2) is 4.68 Å². The van der Waals surface area contributed by atoms with Crippen LogP contribution in [-0.4, -0.2) is 36.7 Å². The van der Waals surface area contributed by atoms with E-state index in [1.54, 1.807) is 27.8 Å². The van der Waals surface area contributed by atoms with E-state index in [9.17, 15) is 9.90 Å². The third-order valence-corrected chi connectivity index (χ3v) is 4.89. The highest BCUT2D eigenvalue weighted by atomic mass is 16.3. The zero-order chi connectivity index (χ0) is 18.1. The number of nitrogens with zero attached hydrogens (tertiary/aromatic N) is 4. The van der Waals surface area contributed by atoms with Gasteiger partial charge in [-0.15, -0.1) is 0 Å². The molecule has 0 bridgehead atoms. The van der Waals surface area contributed by atoms with E-state index >= 15 is 0 Å². The van der Waals surface area contributed by atoms with Gasteiger partial charge in [-0.05, 0) is 37.0 Å². The highest BCUT2D eigenvalue weighted by Crippen LogP contribution is 2.38. The van der Waals surface area contributed by atoms with Crippen LogP contribution in [0.3, 0.4) is 0 Å². The van der Waals surface area contributed by atoms with Crippen LogP contribution in [0, 0.1) is 5.92 Å². The lowest BCUT2D eigenvalue weighted by Gasteiger charge is -2.37. The molecule has 0 saturated heterocycles. The van der Waals surface area contributed by atoms with Gasteiger partial charge in [0.15, 0.2) is 0 Å². The molecule has 4 rings (SSSR count). The molecular formula is C19H21N5O2. The summed E-state index contributed by atoms with van der Waals surface area (Å²) >= 11 is 0. The van der Waals surface area contributed by atoms with Gasteiger partial charge < -0.3 is 10.4 Å². The van der Waals surface area contributed by atoms with Gasteiger partial charge in [0.05, 0.1) is 29.6 Å². The molecule has 1 aliphatic carbocycles. The molecule has 1 unspecified atom stereocenters. The van der Waals surface area contributed by atoms with Crippen molar-refractivity contribution in [3.63, 3.8) is 0 Å². The lowest BCUT2D eigenvalue weighted by atomic mass is 9.75. The van der Waals surface area contributed by atoms with Crippen molar-refractivity contribution in [2.75, 3.05) is 0 Å². The summed E-state index contributed by atoms with van der Waals surface area (Å²) in [4.78, 5) is 13.0. The van der Waals surface area contributed by atoms with Crippen LogP contribution in [0.4, 0.5) is 0 Å². The molecule has 2 N–H and O–H groups in total. The second kappa shape index (κ2) is 6.76. The van der Waals surface area contributed by atoms with Crippen LogP contribution in [0.1, 0.15) is 34.8 Å². The third kappa shape index (κ3) is 3.13. The predicted octanol–water partition coefficient (Wildman–Crippen LogP) is 1.85. The quantitative estimate of drug-likeness (QED) is 0.735. The van der Waals surface area contributed by atoms with E-state index in [2.05, 4.69) is 15.5 Å². The number of aliphatic hydroxyl groups excluding tert-OH is 1. The summed E-state index contributed by atoms with van der Waals surface area (Å²) in [6.45, 7) is 0. The standard InChI is InChI=1S/C19H21N5O2/c1-23-12-14(11-21-23)18(13-9-15(25)10-13)22-19(26)16-5-2-3-6-17(16)24-8-4-7-20-24/h2-8,11-13,15,18,25H,9-10H2,1H3,(H,22,26). The first-order valence-corrected chi connectivity index (χ1v) is 8.68. The summed E-state index contributed by atoms with van der Waals surface area (Å²) in [5.41, 5.74) is 2.24. The Morgan fingerprint density at radius 3 is 2.73 bits per heavy atom. The molecule has 1 fully saturated rings. The van der Waals surface area contributed by atoms with Crippen molar-refractivity contribution in [3.8, 4) is 5.69 Å². The number of hydrogen-bond donors (Lipinski definition) is 2. The molecule has 2 aromatic heterocycles. The minimum absolute atomic E-state index is 0.161. The number of carbonyl (C=O) groups excluding carboxylic acids is 1. The van der Waals surface area contributed by atoms with Crippen molar-refractivity contribution in [3.05, 3.63) is 66.2 Å². The van der Waals surface area contributed by atoms with Crippen molar-refractivity contribution in [1.82, 2.24) is 24.9 Å². The van der Waals surface area contributed by atoms with Crippen molar-refractivity contribution >= 4 is 5.91 Å². The molecule has 134 valence electrons. The molecule has 1 amide bonds. The van der Waals surface area contributed by atoms with Gasteiger partial charge in [-0.3, -0.25) is 9.48 Å². The predicted molar refractivity (Wildman–Crippen MR) is 95.7 cm³/mol. The van der Waals surface area contributed by atoms with E-state index in [1.807, 2.05) is 43.7 Å². The van der Waals surface area contributed by atoms with Crippen LogP contribution in [-0.2, 0) is 7.05 Å². The number of amides is 1. The van der Waals surface area contributed by atoms with Gasteiger partial charge in [0.1, 0.15) is 0 Å². The Bertz CT molecular complexity index is 896. The van der Waals surface area contributed by atoms with E-state index in [1.165, 1.54) is 0 Å². The van der Waals surface area contributed by atoms with E-state index < -0.39 is 0 Å². The average Bonchev–Trinajstić information content (AvgIpc) is 3.29. The number of benzene rings is 1. The second-order valence-corrected chi connectivity index (χ2v) is 6.75. The average molecular weight is 351 g/mol. The smallest absolute Gasteiger partial charge is 0.253 e. The van der Waals surface area contributed by atoms with Crippen LogP contribution in [0.5, 0.6) is 0 Å². The third-order valence-electron chi connectivity index (χ3n) is 4.89. The summed E-state index contributed by atoms with van der Waals surface area (Å²) in [5.74, 6) is 0.0429. The van der Waals surface area contributed by atoms with Gasteiger partial charge in [0.25, 0.3) is 5.91 Å². The van der Waals surface area contributed by atoms with Crippen LogP contribution < -0.4 is 5.32 Å². The van der Waals surface area contributed by atoms with Crippen LogP contribution in [0.25, 0.3) is 5.69 Å². The first-order chi connectivity index (χ1) is 12.6. The van der Waals surface area contributed by atoms with Crippen LogP contribution >= 0.6 is 0 Å². The second-order valence-electron chi connectivity index (χ2n) is 6.75. The number of aromatic nitrogens is 4. The molecule has 2 heterocycles. The summed E-state index contributed by atoms with van der Waals surface area (Å²) < 4.78 is 3.41. The molecule has 7 nitrogen and oxygen atoms in total. The maximum absolute atomic E-state index is 13.0. The Kier molecular flexibility index (Phi) is 4.30. The minimum Gasteiger partial charge on any atom is -0.393 e. The molecule has 1 saturated carbocycles. The number of carbonyl (C=O) groups is 1. The van der Waals surface area contributed by atoms with Crippen molar-refractivity contribution in [2.24, 2.45) is 13.0 Å². The Balaban J connectivity index is 1.61. The summed E-state index contributed by atoms with van der Waals surface area (Å²) in [6.07, 6.45) is 8.26. The van der Waals surface area contributed by atoms with E-state index in [4.69, 9.17) is 0 Å². The monoisotopic (exact) mass is 351 g/mol. The SMILES string of the molecule is Cn1cc(C(NC(=O)c2ccccc2-n2cccn2)C2CC(O)C2)cn1. The van der Waals surface area contributed by atoms with Gasteiger partial charge in [-0.1, -0.05) is 12.1 Å². The first-order valence-electron chi connectivity index (χ1n) is 8.68. The molecular weight excluding hydrogens is 330 g/mol. The van der Waals surface area contributed by atoms with Gasteiger partial charge in [0.2, 0.25) is 0 Å². The number of aliphatic hydroxyl groups is 1. The lowest BCUT2D eigenvalue weighted by molar-refractivity contribution is 0.0235. The molecule has 3 aromatic rings. The van der Waals surface area contributed by atoms with E-state index in [-0.39, 0.29) is 24.0 Å². The van der Waals surface area contributed by atoms with Gasteiger partial charge in [0, 0.05) is 31.2 Å². The Morgan fingerprint density at radius 1 is 1.27 bits per heavy atom.